The third-order valence-corrected chi connectivity index (χ3v) is 9.61. The van der Waals surface area contributed by atoms with Crippen molar-refractivity contribution in [1.82, 2.24) is 19.9 Å². The van der Waals surface area contributed by atoms with Crippen LogP contribution < -0.4 is 10.6 Å². The highest BCUT2D eigenvalue weighted by Crippen LogP contribution is 2.29. The first-order valence-corrected chi connectivity index (χ1v) is 17.2. The second-order valence-electron chi connectivity index (χ2n) is 12.6. The molecule has 0 radical (unpaired) electrons. The van der Waals surface area contributed by atoms with Gasteiger partial charge in [0.2, 0.25) is 11.8 Å². The molecule has 1 aliphatic rings. The van der Waals surface area contributed by atoms with E-state index in [9.17, 15) is 22.8 Å². The summed E-state index contributed by atoms with van der Waals surface area (Å²) in [6, 6.07) is 20.6. The van der Waals surface area contributed by atoms with Crippen molar-refractivity contribution in [2.24, 2.45) is 11.8 Å². The third kappa shape index (κ3) is 9.20. The van der Waals surface area contributed by atoms with Gasteiger partial charge in [-0.3, -0.25) is 14.4 Å². The summed E-state index contributed by atoms with van der Waals surface area (Å²) >= 11 is 0. The topological polar surface area (TPSA) is 126 Å². The van der Waals surface area contributed by atoms with Gasteiger partial charge in [0.25, 0.3) is 10.0 Å². The molecule has 1 aliphatic heterocycles. The van der Waals surface area contributed by atoms with Crippen LogP contribution in [0.5, 0.6) is 0 Å². The van der Waals surface area contributed by atoms with Crippen LogP contribution in [0, 0.1) is 11.8 Å². The first-order valence-electron chi connectivity index (χ1n) is 15.8. The highest BCUT2D eigenvalue weighted by molar-refractivity contribution is 7.89. The van der Waals surface area contributed by atoms with E-state index in [4.69, 9.17) is 0 Å². The first kappa shape index (κ1) is 34.7. The second-order valence-corrected chi connectivity index (χ2v) is 14.4. The number of sulfonamides is 1. The van der Waals surface area contributed by atoms with Crippen LogP contribution in [-0.4, -0.2) is 60.5 Å². The fourth-order valence-corrected chi connectivity index (χ4v) is 6.83. The summed E-state index contributed by atoms with van der Waals surface area (Å²) in [6.07, 6.45) is 5.91. The molecule has 0 saturated carbocycles. The molecule has 2 aromatic carbocycles. The average molecular weight is 645 g/mol. The van der Waals surface area contributed by atoms with Crippen LogP contribution in [0.15, 0.2) is 96.2 Å². The zero-order valence-electron chi connectivity index (χ0n) is 26.9. The predicted octanol–water partition coefficient (Wildman–Crippen LogP) is 5.11. The number of nitrogens with zero attached hydrogens (tertiary/aromatic N) is 2. The molecule has 4 rings (SSSR count). The first-order chi connectivity index (χ1) is 22.0. The van der Waals surface area contributed by atoms with E-state index < -0.39 is 46.3 Å². The highest BCUT2D eigenvalue weighted by atomic mass is 32.2. The zero-order chi connectivity index (χ0) is 33.3. The van der Waals surface area contributed by atoms with E-state index in [1.165, 1.54) is 12.3 Å². The molecule has 2 amide bonds. The Morgan fingerprint density at radius 3 is 2.24 bits per heavy atom. The molecule has 0 fully saturated rings. The van der Waals surface area contributed by atoms with Crippen LogP contribution in [0.3, 0.4) is 0 Å². The van der Waals surface area contributed by atoms with E-state index in [0.717, 1.165) is 21.0 Å². The zero-order valence-corrected chi connectivity index (χ0v) is 27.7. The Morgan fingerprint density at radius 1 is 0.870 bits per heavy atom. The minimum absolute atomic E-state index is 0.0139. The monoisotopic (exact) mass is 644 g/mol. The lowest BCUT2D eigenvalue weighted by Crippen LogP contribution is -2.54. The van der Waals surface area contributed by atoms with Crippen LogP contribution in [0.2, 0.25) is 0 Å². The van der Waals surface area contributed by atoms with E-state index in [1.807, 2.05) is 68.4 Å². The molecule has 244 valence electrons. The van der Waals surface area contributed by atoms with Crippen LogP contribution in [0.1, 0.15) is 58.4 Å². The molecule has 3 aromatic rings. The van der Waals surface area contributed by atoms with Gasteiger partial charge in [-0.1, -0.05) is 101 Å². The number of aromatic nitrogens is 1. The molecule has 10 heteroatoms. The van der Waals surface area contributed by atoms with Crippen molar-refractivity contribution < 1.29 is 22.8 Å². The van der Waals surface area contributed by atoms with Gasteiger partial charge in [0.1, 0.15) is 6.04 Å². The van der Waals surface area contributed by atoms with Crippen molar-refractivity contribution in [3.63, 3.8) is 0 Å². The molecule has 1 aromatic heterocycles. The molecule has 3 atom stereocenters. The summed E-state index contributed by atoms with van der Waals surface area (Å²) in [5.74, 6) is -1.36. The van der Waals surface area contributed by atoms with Crippen molar-refractivity contribution >= 4 is 27.6 Å². The van der Waals surface area contributed by atoms with Gasteiger partial charge in [-0.15, -0.1) is 0 Å². The van der Waals surface area contributed by atoms with E-state index in [-0.39, 0.29) is 35.7 Å². The maximum atomic E-state index is 13.9. The molecule has 9 nitrogen and oxygen atoms in total. The second kappa shape index (κ2) is 15.9. The van der Waals surface area contributed by atoms with Crippen molar-refractivity contribution in [3.05, 3.63) is 96.7 Å². The summed E-state index contributed by atoms with van der Waals surface area (Å²) < 4.78 is 27.4. The predicted molar refractivity (Wildman–Crippen MR) is 179 cm³/mol. The normalized spacial score (nSPS) is 18.0. The lowest BCUT2D eigenvalue weighted by Gasteiger charge is -2.28. The number of carbonyl (C=O) groups excluding carboxylic acids is 3. The van der Waals surface area contributed by atoms with E-state index >= 15 is 0 Å². The summed E-state index contributed by atoms with van der Waals surface area (Å²) in [5.41, 5.74) is 2.92. The highest BCUT2D eigenvalue weighted by Gasteiger charge is 2.33. The minimum atomic E-state index is -4.02. The number of ketones is 1. The molecule has 0 saturated heterocycles. The summed E-state index contributed by atoms with van der Waals surface area (Å²) in [7, 11) is -4.02. The smallest absolute Gasteiger partial charge is 0.261 e. The molecule has 2 heterocycles. The van der Waals surface area contributed by atoms with Gasteiger partial charge in [0, 0.05) is 12.7 Å². The largest absolute Gasteiger partial charge is 0.344 e. The van der Waals surface area contributed by atoms with Crippen LogP contribution in [0.25, 0.3) is 11.1 Å². The van der Waals surface area contributed by atoms with Gasteiger partial charge >= 0.3 is 0 Å². The van der Waals surface area contributed by atoms with Gasteiger partial charge < -0.3 is 10.6 Å². The van der Waals surface area contributed by atoms with E-state index in [1.54, 1.807) is 24.3 Å². The number of nitrogens with one attached hydrogen (secondary N) is 2. The Bertz CT molecular complexity index is 1620. The number of hydrogen-bond acceptors (Lipinski definition) is 6. The Morgan fingerprint density at radius 2 is 1.57 bits per heavy atom. The molecule has 2 N–H and O–H groups in total. The number of hydrogen-bond donors (Lipinski definition) is 2. The Balaban J connectivity index is 1.51. The van der Waals surface area contributed by atoms with Crippen molar-refractivity contribution in [2.45, 2.75) is 70.0 Å². The maximum Gasteiger partial charge on any atom is 0.261 e. The number of benzene rings is 2. The lowest BCUT2D eigenvalue weighted by molar-refractivity contribution is -0.132. The van der Waals surface area contributed by atoms with Crippen LogP contribution >= 0.6 is 0 Å². The third-order valence-electron chi connectivity index (χ3n) is 7.89. The minimum Gasteiger partial charge on any atom is -0.344 e. The SMILES string of the molecule is CC(C)CC(C(=O)N[C@@H](CC(C)C)C(=O)NC1C/C=C\CN(S(=O)(=O)c2ccccn2)CC1=O)c1cccc(-c2ccccc2)c1. The molecule has 0 spiro atoms. The van der Waals surface area contributed by atoms with Crippen molar-refractivity contribution in [3.8, 4) is 11.1 Å². The van der Waals surface area contributed by atoms with Crippen LogP contribution in [0.4, 0.5) is 0 Å². The molecule has 0 bridgehead atoms. The van der Waals surface area contributed by atoms with Gasteiger partial charge in [-0.05, 0) is 59.9 Å². The number of pyridine rings is 1. The Labute approximate surface area is 272 Å². The number of carbonyl (C=O) groups is 3. The van der Waals surface area contributed by atoms with Crippen molar-refractivity contribution in [1.29, 1.82) is 0 Å². The molecule has 2 unspecified atom stereocenters. The molecule has 46 heavy (non-hydrogen) atoms. The fourth-order valence-electron chi connectivity index (χ4n) is 5.54. The summed E-state index contributed by atoms with van der Waals surface area (Å²) in [4.78, 5) is 44.9. The van der Waals surface area contributed by atoms with Gasteiger partial charge in [0.05, 0.1) is 18.5 Å². The molecular formula is C36H44N4O5S. The number of amides is 2. The van der Waals surface area contributed by atoms with Gasteiger partial charge in [0.15, 0.2) is 10.8 Å². The van der Waals surface area contributed by atoms with Crippen LogP contribution in [-0.2, 0) is 24.4 Å². The van der Waals surface area contributed by atoms with E-state index in [2.05, 4.69) is 29.5 Å². The fraction of sp³-hybridized carbons (Fsp3) is 0.389. The Kier molecular flexibility index (Phi) is 12.0. The van der Waals surface area contributed by atoms with E-state index in [0.29, 0.717) is 12.8 Å². The molecular weight excluding hydrogens is 600 g/mol. The summed E-state index contributed by atoms with van der Waals surface area (Å²) in [6.45, 7) is 7.65. The standard InChI is InChI=1S/C36H44N4O5S/c1-25(2)21-30(29-16-12-15-28(23-29)27-13-6-5-7-14-27)35(42)39-32(22-26(3)4)36(43)38-31-17-9-11-20-40(24-33(31)41)46(44,45)34-18-8-10-19-37-34/h5-16,18-19,23,25-26,30-32H,17,20-22,24H2,1-4H3,(H,38,43)(H,39,42)/b11-9-/t30?,31?,32-/m0/s1. The average Bonchev–Trinajstić information content (AvgIpc) is 3.03. The van der Waals surface area contributed by atoms with Gasteiger partial charge in [-0.25, -0.2) is 13.4 Å². The summed E-state index contributed by atoms with van der Waals surface area (Å²) in [5, 5.41) is 5.67. The van der Waals surface area contributed by atoms with Gasteiger partial charge in [-0.2, -0.15) is 4.31 Å². The van der Waals surface area contributed by atoms with Crippen molar-refractivity contribution in [2.75, 3.05) is 13.1 Å². The molecule has 0 aliphatic carbocycles. The Hall–Kier alpha value is -4.15. The number of rotatable bonds is 12. The quantitative estimate of drug-likeness (QED) is 0.264. The lowest BCUT2D eigenvalue weighted by atomic mass is 9.87. The number of Topliss-reactive ketones (excluding diaryl/α,β-unsaturated/α-hetero) is 1. The maximum absolute atomic E-state index is 13.9.